The molecule has 2 amide bonds. The molecule has 0 aliphatic heterocycles. The molecule has 0 unspecified atom stereocenters. The summed E-state index contributed by atoms with van der Waals surface area (Å²) in [5.74, 6) is -0.927. The van der Waals surface area contributed by atoms with Gasteiger partial charge in [-0.1, -0.05) is 35.9 Å². The van der Waals surface area contributed by atoms with Gasteiger partial charge in [-0.3, -0.25) is 20.4 Å². The van der Waals surface area contributed by atoms with Gasteiger partial charge >= 0.3 is 0 Å². The quantitative estimate of drug-likeness (QED) is 0.701. The lowest BCUT2D eigenvalue weighted by Gasteiger charge is -2.10. The highest BCUT2D eigenvalue weighted by Crippen LogP contribution is 2.15. The van der Waals surface area contributed by atoms with E-state index in [4.69, 9.17) is 4.74 Å². The SMILES string of the molecule is Cc1ccc(S(=O)(=O)CCC(=O)NNC(=O)COc2ccccc2C)cc1. The lowest BCUT2D eigenvalue weighted by atomic mass is 10.2. The van der Waals surface area contributed by atoms with E-state index >= 15 is 0 Å². The Hall–Kier alpha value is -2.87. The van der Waals surface area contributed by atoms with Gasteiger partial charge in [-0.15, -0.1) is 0 Å². The maximum Gasteiger partial charge on any atom is 0.276 e. The van der Waals surface area contributed by atoms with Gasteiger partial charge in [0.25, 0.3) is 5.91 Å². The Morgan fingerprint density at radius 1 is 0.926 bits per heavy atom. The van der Waals surface area contributed by atoms with Crippen molar-refractivity contribution in [2.24, 2.45) is 0 Å². The number of carbonyl (C=O) groups is 2. The Kier molecular flexibility index (Phi) is 6.95. The second-order valence-corrected chi connectivity index (χ2v) is 8.14. The summed E-state index contributed by atoms with van der Waals surface area (Å²) in [6, 6.07) is 13.6. The van der Waals surface area contributed by atoms with E-state index in [0.717, 1.165) is 11.1 Å². The first-order chi connectivity index (χ1) is 12.8. The molecule has 8 heteroatoms. The second kappa shape index (κ2) is 9.18. The maximum atomic E-state index is 12.2. The average molecular weight is 390 g/mol. The van der Waals surface area contributed by atoms with Crippen LogP contribution in [0.1, 0.15) is 17.5 Å². The molecule has 2 N–H and O–H groups in total. The maximum absolute atomic E-state index is 12.2. The second-order valence-electron chi connectivity index (χ2n) is 6.03. The van der Waals surface area contributed by atoms with Crippen LogP contribution in [0.5, 0.6) is 5.75 Å². The topological polar surface area (TPSA) is 102 Å². The number of ether oxygens (including phenoxy) is 1. The van der Waals surface area contributed by atoms with Gasteiger partial charge in [0, 0.05) is 6.42 Å². The highest BCUT2D eigenvalue weighted by atomic mass is 32.2. The van der Waals surface area contributed by atoms with E-state index in [-0.39, 0.29) is 23.7 Å². The van der Waals surface area contributed by atoms with Gasteiger partial charge in [0.1, 0.15) is 5.75 Å². The number of benzene rings is 2. The Morgan fingerprint density at radius 2 is 1.56 bits per heavy atom. The Morgan fingerprint density at radius 3 is 2.22 bits per heavy atom. The van der Waals surface area contributed by atoms with Gasteiger partial charge in [-0.2, -0.15) is 0 Å². The summed E-state index contributed by atoms with van der Waals surface area (Å²) in [6.45, 7) is 3.44. The summed E-state index contributed by atoms with van der Waals surface area (Å²) in [5, 5.41) is 0. The number of amides is 2. The van der Waals surface area contributed by atoms with Crippen molar-refractivity contribution >= 4 is 21.7 Å². The number of hydrogen-bond donors (Lipinski definition) is 2. The summed E-state index contributed by atoms with van der Waals surface area (Å²) < 4.78 is 29.7. The molecule has 27 heavy (non-hydrogen) atoms. The Balaban J connectivity index is 1.74. The first-order valence-electron chi connectivity index (χ1n) is 8.33. The molecule has 144 valence electrons. The van der Waals surface area contributed by atoms with Crippen LogP contribution in [0.3, 0.4) is 0 Å². The fraction of sp³-hybridized carbons (Fsp3) is 0.263. The fourth-order valence-corrected chi connectivity index (χ4v) is 3.43. The van der Waals surface area contributed by atoms with E-state index < -0.39 is 21.7 Å². The highest BCUT2D eigenvalue weighted by Gasteiger charge is 2.16. The van der Waals surface area contributed by atoms with Crippen LogP contribution in [0.15, 0.2) is 53.4 Å². The molecule has 2 aromatic carbocycles. The molecule has 0 aliphatic rings. The molecule has 0 fully saturated rings. The van der Waals surface area contributed by atoms with E-state index in [9.17, 15) is 18.0 Å². The molecule has 0 saturated heterocycles. The van der Waals surface area contributed by atoms with E-state index in [0.29, 0.717) is 5.75 Å². The summed E-state index contributed by atoms with van der Waals surface area (Å²) in [5.41, 5.74) is 6.21. The average Bonchev–Trinajstić information content (AvgIpc) is 2.64. The predicted octanol–water partition coefficient (Wildman–Crippen LogP) is 1.69. The van der Waals surface area contributed by atoms with Crippen LogP contribution >= 0.6 is 0 Å². The number of rotatable bonds is 7. The van der Waals surface area contributed by atoms with Crippen LogP contribution in [-0.4, -0.2) is 32.6 Å². The van der Waals surface area contributed by atoms with Crippen molar-refractivity contribution < 1.29 is 22.7 Å². The number of aryl methyl sites for hydroxylation is 2. The van der Waals surface area contributed by atoms with Crippen LogP contribution in [-0.2, 0) is 19.4 Å². The van der Waals surface area contributed by atoms with Crippen LogP contribution in [0.25, 0.3) is 0 Å². The summed E-state index contributed by atoms with van der Waals surface area (Å²) in [6.07, 6.45) is -0.269. The molecule has 0 bridgehead atoms. The zero-order valence-electron chi connectivity index (χ0n) is 15.2. The zero-order chi connectivity index (χ0) is 19.9. The fourth-order valence-electron chi connectivity index (χ4n) is 2.19. The highest BCUT2D eigenvalue weighted by molar-refractivity contribution is 7.91. The molecule has 0 heterocycles. The minimum Gasteiger partial charge on any atom is -0.483 e. The summed E-state index contributed by atoms with van der Waals surface area (Å²) >= 11 is 0. The smallest absolute Gasteiger partial charge is 0.276 e. The Bertz CT molecular complexity index is 908. The molecular formula is C19H22N2O5S. The minimum absolute atomic E-state index is 0.163. The van der Waals surface area contributed by atoms with Crippen LogP contribution in [0, 0.1) is 13.8 Å². The largest absolute Gasteiger partial charge is 0.483 e. The molecule has 0 saturated carbocycles. The van der Waals surface area contributed by atoms with Crippen molar-refractivity contribution in [1.29, 1.82) is 0 Å². The number of carbonyl (C=O) groups excluding carboxylic acids is 2. The van der Waals surface area contributed by atoms with Crippen molar-refractivity contribution in [3.05, 3.63) is 59.7 Å². The molecular weight excluding hydrogens is 368 g/mol. The van der Waals surface area contributed by atoms with Crippen molar-refractivity contribution in [3.8, 4) is 5.75 Å². The van der Waals surface area contributed by atoms with Crippen molar-refractivity contribution in [2.75, 3.05) is 12.4 Å². The lowest BCUT2D eigenvalue weighted by Crippen LogP contribution is -2.44. The van der Waals surface area contributed by atoms with Crippen molar-refractivity contribution in [1.82, 2.24) is 10.9 Å². The van der Waals surface area contributed by atoms with E-state index in [1.165, 1.54) is 12.1 Å². The van der Waals surface area contributed by atoms with Gasteiger partial charge in [0.05, 0.1) is 10.6 Å². The van der Waals surface area contributed by atoms with Crippen LogP contribution < -0.4 is 15.6 Å². The number of para-hydroxylation sites is 1. The van der Waals surface area contributed by atoms with Gasteiger partial charge < -0.3 is 4.74 Å². The number of nitrogens with one attached hydrogen (secondary N) is 2. The molecule has 0 spiro atoms. The number of hydrazine groups is 1. The predicted molar refractivity (Wildman–Crippen MR) is 101 cm³/mol. The van der Waals surface area contributed by atoms with Crippen LogP contribution in [0.2, 0.25) is 0 Å². The molecule has 0 aliphatic carbocycles. The molecule has 2 aromatic rings. The van der Waals surface area contributed by atoms with E-state index in [1.54, 1.807) is 24.3 Å². The third kappa shape index (κ3) is 6.41. The monoisotopic (exact) mass is 390 g/mol. The normalized spacial score (nSPS) is 10.9. The minimum atomic E-state index is -3.56. The van der Waals surface area contributed by atoms with Gasteiger partial charge in [-0.05, 0) is 37.6 Å². The van der Waals surface area contributed by atoms with Crippen molar-refractivity contribution in [2.45, 2.75) is 25.2 Å². The van der Waals surface area contributed by atoms with E-state index in [2.05, 4.69) is 10.9 Å². The molecule has 7 nitrogen and oxygen atoms in total. The van der Waals surface area contributed by atoms with E-state index in [1.807, 2.05) is 26.0 Å². The van der Waals surface area contributed by atoms with Gasteiger partial charge in [0.15, 0.2) is 16.4 Å². The third-order valence-electron chi connectivity index (χ3n) is 3.77. The first-order valence-corrected chi connectivity index (χ1v) is 9.99. The van der Waals surface area contributed by atoms with Gasteiger partial charge in [0.2, 0.25) is 5.91 Å². The van der Waals surface area contributed by atoms with Gasteiger partial charge in [-0.25, -0.2) is 8.42 Å². The summed E-state index contributed by atoms with van der Waals surface area (Å²) in [4.78, 5) is 23.7. The summed E-state index contributed by atoms with van der Waals surface area (Å²) in [7, 11) is -3.56. The van der Waals surface area contributed by atoms with Crippen LogP contribution in [0.4, 0.5) is 0 Å². The Labute approximate surface area is 158 Å². The number of sulfone groups is 1. The molecule has 0 atom stereocenters. The third-order valence-corrected chi connectivity index (χ3v) is 5.50. The number of hydrogen-bond acceptors (Lipinski definition) is 5. The first kappa shape index (κ1) is 20.4. The molecule has 0 aromatic heterocycles. The molecule has 0 radical (unpaired) electrons. The lowest BCUT2D eigenvalue weighted by molar-refractivity contribution is -0.129. The zero-order valence-corrected chi connectivity index (χ0v) is 16.0. The van der Waals surface area contributed by atoms with Crippen molar-refractivity contribution in [3.63, 3.8) is 0 Å². The standard InChI is InChI=1S/C19H22N2O5S/c1-14-7-9-16(10-8-14)27(24,25)12-11-18(22)20-21-19(23)13-26-17-6-4-3-5-15(17)2/h3-10H,11-13H2,1-2H3,(H,20,22)(H,21,23). The molecule has 2 rings (SSSR count).